The fraction of sp³-hybridized carbons (Fsp3) is 0.182. The summed E-state index contributed by atoms with van der Waals surface area (Å²) in [5, 5.41) is 0.471. The van der Waals surface area contributed by atoms with Crippen LogP contribution in [0, 0.1) is 11.6 Å². The van der Waals surface area contributed by atoms with Crippen LogP contribution in [0.2, 0.25) is 0 Å². The monoisotopic (exact) mass is 223 g/mol. The maximum atomic E-state index is 13.1. The fourth-order valence-electron chi connectivity index (χ4n) is 1.58. The molecule has 0 aliphatic carbocycles. The first kappa shape index (κ1) is 10.8. The summed E-state index contributed by atoms with van der Waals surface area (Å²) in [6.45, 7) is 1.92. The van der Waals surface area contributed by atoms with E-state index in [1.54, 1.807) is 6.07 Å². The highest BCUT2D eigenvalue weighted by Crippen LogP contribution is 2.25. The summed E-state index contributed by atoms with van der Waals surface area (Å²) < 4.78 is 26.1. The molecule has 16 heavy (non-hydrogen) atoms. The number of hydrogen-bond acceptors (Lipinski definition) is 3. The van der Waals surface area contributed by atoms with Gasteiger partial charge in [0.1, 0.15) is 0 Å². The number of nitrogens with zero attached hydrogens (tertiary/aromatic N) is 1. The molecule has 1 aromatic heterocycles. The molecule has 1 aromatic carbocycles. The smallest absolute Gasteiger partial charge is 0.161 e. The minimum Gasteiger partial charge on any atom is -0.323 e. The molecule has 5 heteroatoms. The Morgan fingerprint density at radius 3 is 2.56 bits per heavy atom. The summed E-state index contributed by atoms with van der Waals surface area (Å²) in [4.78, 5) is 4.20. The van der Waals surface area contributed by atoms with Crippen LogP contribution in [-0.4, -0.2) is 4.98 Å². The first-order valence-corrected chi connectivity index (χ1v) is 4.91. The number of aromatic nitrogens is 1. The predicted octanol–water partition coefficient (Wildman–Crippen LogP) is 2.36. The highest BCUT2D eigenvalue weighted by Gasteiger charge is 2.09. The average Bonchev–Trinajstić information content (AvgIpc) is 2.29. The molecule has 84 valence electrons. The van der Waals surface area contributed by atoms with Crippen molar-refractivity contribution in [3.63, 3.8) is 0 Å². The van der Waals surface area contributed by atoms with Crippen LogP contribution in [0.25, 0.3) is 10.9 Å². The number of fused-ring (bicyclic) bond motifs is 1. The zero-order chi connectivity index (χ0) is 11.7. The molecule has 2 aromatic rings. The Morgan fingerprint density at radius 1 is 1.25 bits per heavy atom. The lowest BCUT2D eigenvalue weighted by atomic mass is 10.1. The van der Waals surface area contributed by atoms with Gasteiger partial charge in [-0.2, -0.15) is 0 Å². The summed E-state index contributed by atoms with van der Waals surface area (Å²) in [6.07, 6.45) is 0.698. The topological polar surface area (TPSA) is 50.9 Å². The normalized spacial score (nSPS) is 10.8. The zero-order valence-electron chi connectivity index (χ0n) is 8.72. The molecule has 2 rings (SSSR count). The maximum Gasteiger partial charge on any atom is 0.161 e. The number of anilines is 1. The predicted molar refractivity (Wildman–Crippen MR) is 58.8 cm³/mol. The molecule has 0 aliphatic rings. The summed E-state index contributed by atoms with van der Waals surface area (Å²) in [5.41, 5.74) is 4.17. The lowest BCUT2D eigenvalue weighted by Crippen LogP contribution is -2.08. The van der Waals surface area contributed by atoms with Crippen LogP contribution in [0.15, 0.2) is 18.2 Å². The van der Waals surface area contributed by atoms with E-state index < -0.39 is 11.6 Å². The Kier molecular flexibility index (Phi) is 2.70. The number of halogens is 2. The number of rotatable bonds is 2. The van der Waals surface area contributed by atoms with Gasteiger partial charge in [-0.25, -0.2) is 8.78 Å². The molecule has 0 bridgehead atoms. The van der Waals surface area contributed by atoms with E-state index in [0.717, 1.165) is 17.8 Å². The molecular formula is C11H11F2N3. The summed E-state index contributed by atoms with van der Waals surface area (Å²) in [7, 11) is 0. The minimum absolute atomic E-state index is 0.395. The van der Waals surface area contributed by atoms with Gasteiger partial charge >= 0.3 is 0 Å². The maximum absolute atomic E-state index is 13.1. The minimum atomic E-state index is -0.907. The van der Waals surface area contributed by atoms with E-state index in [2.05, 4.69) is 10.4 Å². The number of benzene rings is 1. The van der Waals surface area contributed by atoms with Crippen LogP contribution >= 0.6 is 0 Å². The Balaban J connectivity index is 2.79. The van der Waals surface area contributed by atoms with Crippen LogP contribution in [0.3, 0.4) is 0 Å². The second-order valence-corrected chi connectivity index (χ2v) is 3.44. The Morgan fingerprint density at radius 2 is 1.94 bits per heavy atom. The summed E-state index contributed by atoms with van der Waals surface area (Å²) >= 11 is 0. The van der Waals surface area contributed by atoms with E-state index in [1.165, 1.54) is 0 Å². The molecule has 0 atom stereocenters. The van der Waals surface area contributed by atoms with Crippen LogP contribution in [0.1, 0.15) is 12.6 Å². The molecule has 0 fully saturated rings. The van der Waals surface area contributed by atoms with Crippen LogP contribution in [0.5, 0.6) is 0 Å². The van der Waals surface area contributed by atoms with Crippen LogP contribution in [0.4, 0.5) is 14.5 Å². The van der Waals surface area contributed by atoms with Gasteiger partial charge in [-0.3, -0.25) is 10.8 Å². The molecule has 3 N–H and O–H groups in total. The van der Waals surface area contributed by atoms with Gasteiger partial charge in [0.2, 0.25) is 0 Å². The molecule has 0 spiro atoms. The van der Waals surface area contributed by atoms with Crippen LogP contribution < -0.4 is 11.3 Å². The standard InChI is InChI=1S/C11H11F2N3/c1-2-6-3-11(16-14)7-4-8(12)9(13)5-10(7)15-6/h3-5H,2,14H2,1H3,(H,15,16). The van der Waals surface area contributed by atoms with E-state index in [1.807, 2.05) is 6.92 Å². The van der Waals surface area contributed by atoms with Crippen molar-refractivity contribution in [3.8, 4) is 0 Å². The fourth-order valence-corrected chi connectivity index (χ4v) is 1.58. The van der Waals surface area contributed by atoms with Gasteiger partial charge < -0.3 is 5.43 Å². The van der Waals surface area contributed by atoms with Gasteiger partial charge in [-0.15, -0.1) is 0 Å². The molecule has 0 radical (unpaired) electrons. The van der Waals surface area contributed by atoms with Crippen molar-refractivity contribution in [3.05, 3.63) is 35.5 Å². The average molecular weight is 223 g/mol. The van der Waals surface area contributed by atoms with Crippen molar-refractivity contribution < 1.29 is 8.78 Å². The number of hydrazine groups is 1. The van der Waals surface area contributed by atoms with Crippen molar-refractivity contribution in [1.82, 2.24) is 4.98 Å². The Hall–Kier alpha value is -1.75. The van der Waals surface area contributed by atoms with Gasteiger partial charge in [0.05, 0.1) is 11.2 Å². The summed E-state index contributed by atoms with van der Waals surface area (Å²) in [6, 6.07) is 3.89. The molecule has 3 nitrogen and oxygen atoms in total. The van der Waals surface area contributed by atoms with Gasteiger partial charge in [0, 0.05) is 17.1 Å². The van der Waals surface area contributed by atoms with E-state index >= 15 is 0 Å². The molecular weight excluding hydrogens is 212 g/mol. The van der Waals surface area contributed by atoms with E-state index in [4.69, 9.17) is 5.84 Å². The molecule has 1 heterocycles. The highest BCUT2D eigenvalue weighted by atomic mass is 19.2. The van der Waals surface area contributed by atoms with Crippen LogP contribution in [-0.2, 0) is 6.42 Å². The number of nitrogens with one attached hydrogen (secondary N) is 1. The first-order chi connectivity index (χ1) is 7.65. The van der Waals surface area contributed by atoms with Gasteiger partial charge in [-0.05, 0) is 18.6 Å². The van der Waals surface area contributed by atoms with Crippen molar-refractivity contribution in [1.29, 1.82) is 0 Å². The van der Waals surface area contributed by atoms with Crippen molar-refractivity contribution >= 4 is 16.6 Å². The second kappa shape index (κ2) is 4.02. The lowest BCUT2D eigenvalue weighted by Gasteiger charge is -2.08. The molecule has 0 saturated heterocycles. The van der Waals surface area contributed by atoms with E-state index in [0.29, 0.717) is 23.0 Å². The lowest BCUT2D eigenvalue weighted by molar-refractivity contribution is 0.510. The zero-order valence-corrected chi connectivity index (χ0v) is 8.72. The Bertz CT molecular complexity index is 540. The first-order valence-electron chi connectivity index (χ1n) is 4.91. The SMILES string of the molecule is CCc1cc(NN)c2cc(F)c(F)cc2n1. The third-order valence-electron chi connectivity index (χ3n) is 2.42. The Labute approximate surface area is 91.3 Å². The van der Waals surface area contributed by atoms with Gasteiger partial charge in [-0.1, -0.05) is 6.92 Å². The van der Waals surface area contributed by atoms with E-state index in [-0.39, 0.29) is 0 Å². The highest BCUT2D eigenvalue weighted by molar-refractivity contribution is 5.91. The molecule has 0 unspecified atom stereocenters. The van der Waals surface area contributed by atoms with Crippen molar-refractivity contribution in [2.45, 2.75) is 13.3 Å². The number of aryl methyl sites for hydroxylation is 1. The molecule has 0 aliphatic heterocycles. The quantitative estimate of drug-likeness (QED) is 0.607. The van der Waals surface area contributed by atoms with Gasteiger partial charge in [0.15, 0.2) is 11.6 Å². The largest absolute Gasteiger partial charge is 0.323 e. The molecule has 0 amide bonds. The summed E-state index contributed by atoms with van der Waals surface area (Å²) in [5.74, 6) is 3.52. The third-order valence-corrected chi connectivity index (χ3v) is 2.42. The van der Waals surface area contributed by atoms with E-state index in [9.17, 15) is 8.78 Å². The van der Waals surface area contributed by atoms with Crippen molar-refractivity contribution in [2.75, 3.05) is 5.43 Å². The number of nitrogens with two attached hydrogens (primary N) is 1. The second-order valence-electron chi connectivity index (χ2n) is 3.44. The molecule has 0 saturated carbocycles. The number of nitrogen functional groups attached to an aromatic ring is 1. The van der Waals surface area contributed by atoms with Gasteiger partial charge in [0.25, 0.3) is 0 Å². The number of hydrogen-bond donors (Lipinski definition) is 2. The number of pyridine rings is 1. The third kappa shape index (κ3) is 1.69. The van der Waals surface area contributed by atoms with Crippen molar-refractivity contribution in [2.24, 2.45) is 5.84 Å².